The predicted molar refractivity (Wildman–Crippen MR) is 83.8 cm³/mol. The van der Waals surface area contributed by atoms with Gasteiger partial charge in [0, 0.05) is 28.9 Å². The molecule has 1 aliphatic carbocycles. The molecule has 0 aliphatic heterocycles. The summed E-state index contributed by atoms with van der Waals surface area (Å²) in [5.74, 6) is 0.335. The topological polar surface area (TPSA) is 42.0 Å². The Morgan fingerprint density at radius 2 is 2.30 bits per heavy atom. The van der Waals surface area contributed by atoms with Crippen molar-refractivity contribution in [3.05, 3.63) is 38.0 Å². The van der Waals surface area contributed by atoms with Crippen molar-refractivity contribution >= 4 is 28.6 Å². The van der Waals surface area contributed by atoms with Crippen molar-refractivity contribution in [3.8, 4) is 0 Å². The molecule has 1 aliphatic rings. The van der Waals surface area contributed by atoms with Crippen molar-refractivity contribution in [2.75, 3.05) is 6.54 Å². The van der Waals surface area contributed by atoms with Gasteiger partial charge in [-0.25, -0.2) is 4.98 Å². The fourth-order valence-electron chi connectivity index (χ4n) is 2.50. The van der Waals surface area contributed by atoms with Crippen molar-refractivity contribution in [3.63, 3.8) is 0 Å². The van der Waals surface area contributed by atoms with Gasteiger partial charge in [0.25, 0.3) is 5.91 Å². The highest BCUT2D eigenvalue weighted by Crippen LogP contribution is 2.29. The highest BCUT2D eigenvalue weighted by Gasteiger charge is 2.18. The second kappa shape index (κ2) is 6.06. The molecule has 2 aromatic rings. The van der Waals surface area contributed by atoms with E-state index in [1.54, 1.807) is 22.7 Å². The Kier molecular flexibility index (Phi) is 4.17. The molecule has 1 N–H and O–H groups in total. The molecule has 0 saturated carbocycles. The number of nitrogens with one attached hydrogen (secondary N) is 1. The van der Waals surface area contributed by atoms with Crippen LogP contribution in [0.15, 0.2) is 17.6 Å². The van der Waals surface area contributed by atoms with E-state index in [1.165, 1.54) is 23.3 Å². The minimum Gasteiger partial charge on any atom is -0.351 e. The third-order valence-corrected chi connectivity index (χ3v) is 5.91. The van der Waals surface area contributed by atoms with Gasteiger partial charge in [-0.2, -0.15) is 0 Å². The smallest absolute Gasteiger partial charge is 0.261 e. The molecule has 3 nitrogen and oxygen atoms in total. The SMILES string of the molecule is CC(CNC(=O)c1cc2c(s1)CCCC2)c1nccs1. The number of carbonyl (C=O) groups excluding carboxylic acids is 1. The fraction of sp³-hybridized carbons (Fsp3) is 0.467. The van der Waals surface area contributed by atoms with E-state index < -0.39 is 0 Å². The lowest BCUT2D eigenvalue weighted by atomic mass is 9.99. The van der Waals surface area contributed by atoms with E-state index in [1.807, 2.05) is 11.6 Å². The Balaban J connectivity index is 1.60. The van der Waals surface area contributed by atoms with E-state index in [-0.39, 0.29) is 11.8 Å². The van der Waals surface area contributed by atoms with E-state index in [9.17, 15) is 4.79 Å². The highest BCUT2D eigenvalue weighted by atomic mass is 32.1. The third-order valence-electron chi connectivity index (χ3n) is 3.66. The van der Waals surface area contributed by atoms with Gasteiger partial charge in [0.05, 0.1) is 9.88 Å². The monoisotopic (exact) mass is 306 g/mol. The third kappa shape index (κ3) is 2.94. The summed E-state index contributed by atoms with van der Waals surface area (Å²) in [7, 11) is 0. The van der Waals surface area contributed by atoms with Gasteiger partial charge in [0.2, 0.25) is 0 Å². The Bertz CT molecular complexity index is 566. The molecule has 20 heavy (non-hydrogen) atoms. The lowest BCUT2D eigenvalue weighted by Gasteiger charge is -2.09. The summed E-state index contributed by atoms with van der Waals surface area (Å²) in [5.41, 5.74) is 1.39. The molecule has 2 aromatic heterocycles. The maximum absolute atomic E-state index is 12.2. The van der Waals surface area contributed by atoms with Gasteiger partial charge in [-0.1, -0.05) is 6.92 Å². The van der Waals surface area contributed by atoms with Crippen LogP contribution in [0, 0.1) is 0 Å². The van der Waals surface area contributed by atoms with Crippen LogP contribution in [0.2, 0.25) is 0 Å². The Hall–Kier alpha value is -1.20. The first-order valence-electron chi connectivity index (χ1n) is 7.03. The first kappa shape index (κ1) is 13.8. The van der Waals surface area contributed by atoms with E-state index in [0.717, 1.165) is 22.7 Å². The van der Waals surface area contributed by atoms with Gasteiger partial charge in [-0.3, -0.25) is 4.79 Å². The Morgan fingerprint density at radius 1 is 1.45 bits per heavy atom. The normalized spacial score (nSPS) is 15.7. The van der Waals surface area contributed by atoms with Gasteiger partial charge in [0.1, 0.15) is 0 Å². The molecule has 3 rings (SSSR count). The van der Waals surface area contributed by atoms with Crippen LogP contribution in [0.5, 0.6) is 0 Å². The van der Waals surface area contributed by atoms with E-state index in [4.69, 9.17) is 0 Å². The first-order chi connectivity index (χ1) is 9.74. The lowest BCUT2D eigenvalue weighted by molar-refractivity contribution is 0.0955. The molecule has 2 heterocycles. The molecule has 106 valence electrons. The number of fused-ring (bicyclic) bond motifs is 1. The molecule has 0 spiro atoms. The van der Waals surface area contributed by atoms with Crippen LogP contribution in [0.3, 0.4) is 0 Å². The van der Waals surface area contributed by atoms with Crippen LogP contribution in [-0.2, 0) is 12.8 Å². The molecular formula is C15H18N2OS2. The zero-order chi connectivity index (χ0) is 13.9. The van der Waals surface area contributed by atoms with Crippen molar-refractivity contribution in [2.24, 2.45) is 0 Å². The van der Waals surface area contributed by atoms with Crippen LogP contribution >= 0.6 is 22.7 Å². The summed E-state index contributed by atoms with van der Waals surface area (Å²) >= 11 is 3.31. The fourth-order valence-corrected chi connectivity index (χ4v) is 4.37. The second-order valence-electron chi connectivity index (χ2n) is 5.25. The molecule has 0 fully saturated rings. The molecule has 1 amide bonds. The second-order valence-corrected chi connectivity index (χ2v) is 7.31. The molecule has 1 atom stereocenters. The minimum absolute atomic E-state index is 0.0628. The molecule has 0 radical (unpaired) electrons. The Morgan fingerprint density at radius 3 is 3.05 bits per heavy atom. The largest absolute Gasteiger partial charge is 0.351 e. The maximum Gasteiger partial charge on any atom is 0.261 e. The maximum atomic E-state index is 12.2. The number of nitrogens with zero attached hydrogens (tertiary/aromatic N) is 1. The number of hydrogen-bond donors (Lipinski definition) is 1. The molecule has 5 heteroatoms. The van der Waals surface area contributed by atoms with Crippen LogP contribution < -0.4 is 5.32 Å². The number of rotatable bonds is 4. The summed E-state index contributed by atoms with van der Waals surface area (Å²) < 4.78 is 0. The average molecular weight is 306 g/mol. The van der Waals surface area contributed by atoms with E-state index in [0.29, 0.717) is 6.54 Å². The average Bonchev–Trinajstić information content (AvgIpc) is 3.12. The number of amides is 1. The van der Waals surface area contributed by atoms with E-state index in [2.05, 4.69) is 23.3 Å². The Labute approximate surface area is 127 Å². The highest BCUT2D eigenvalue weighted by molar-refractivity contribution is 7.14. The quantitative estimate of drug-likeness (QED) is 0.937. The number of thiazole rings is 1. The van der Waals surface area contributed by atoms with Gasteiger partial charge < -0.3 is 5.32 Å². The molecule has 0 saturated heterocycles. The van der Waals surface area contributed by atoms with Gasteiger partial charge in [-0.05, 0) is 37.3 Å². The molecule has 0 aromatic carbocycles. The van der Waals surface area contributed by atoms with Crippen molar-refractivity contribution in [1.29, 1.82) is 0 Å². The zero-order valence-corrected chi connectivity index (χ0v) is 13.1. The molecule has 0 bridgehead atoms. The van der Waals surface area contributed by atoms with Crippen LogP contribution in [0.25, 0.3) is 0 Å². The first-order valence-corrected chi connectivity index (χ1v) is 8.73. The van der Waals surface area contributed by atoms with Crippen molar-refractivity contribution in [2.45, 2.75) is 38.5 Å². The van der Waals surface area contributed by atoms with Gasteiger partial charge >= 0.3 is 0 Å². The summed E-state index contributed by atoms with van der Waals surface area (Å²) in [5, 5.41) is 6.09. The van der Waals surface area contributed by atoms with Crippen LogP contribution in [0.1, 0.15) is 50.8 Å². The number of carbonyl (C=O) groups is 1. The van der Waals surface area contributed by atoms with Crippen LogP contribution in [-0.4, -0.2) is 17.4 Å². The number of hydrogen-bond acceptors (Lipinski definition) is 4. The summed E-state index contributed by atoms with van der Waals surface area (Å²) in [6.07, 6.45) is 6.60. The standard InChI is InChI=1S/C15H18N2OS2/c1-10(15-16-6-7-19-15)9-17-14(18)13-8-11-4-2-3-5-12(11)20-13/h6-8,10H,2-5,9H2,1H3,(H,17,18). The number of thiophene rings is 1. The van der Waals surface area contributed by atoms with Crippen LogP contribution in [0.4, 0.5) is 0 Å². The molecule has 1 unspecified atom stereocenters. The number of aromatic nitrogens is 1. The summed E-state index contributed by atoms with van der Waals surface area (Å²) in [6.45, 7) is 2.74. The van der Waals surface area contributed by atoms with E-state index >= 15 is 0 Å². The number of aryl methyl sites for hydroxylation is 2. The van der Waals surface area contributed by atoms with Crippen molar-refractivity contribution < 1.29 is 4.79 Å². The lowest BCUT2D eigenvalue weighted by Crippen LogP contribution is -2.26. The van der Waals surface area contributed by atoms with Gasteiger partial charge in [-0.15, -0.1) is 22.7 Å². The van der Waals surface area contributed by atoms with Gasteiger partial charge in [0.15, 0.2) is 0 Å². The summed E-state index contributed by atoms with van der Waals surface area (Å²) in [6, 6.07) is 2.09. The van der Waals surface area contributed by atoms with Crippen molar-refractivity contribution in [1.82, 2.24) is 10.3 Å². The minimum atomic E-state index is 0.0628. The zero-order valence-electron chi connectivity index (χ0n) is 11.5. The summed E-state index contributed by atoms with van der Waals surface area (Å²) in [4.78, 5) is 18.8. The molecular weight excluding hydrogens is 288 g/mol. The predicted octanol–water partition coefficient (Wildman–Crippen LogP) is 3.62.